The monoisotopic (exact) mass is 976 g/mol. The zero-order valence-corrected chi connectivity index (χ0v) is 35.0. The van der Waals surface area contributed by atoms with Crippen molar-refractivity contribution in [1.29, 1.82) is 0 Å². The predicted molar refractivity (Wildman–Crippen MR) is 200 cm³/mol. The number of ether oxygens (including phenoxy) is 10. The molecule has 5 aliphatic rings. The Kier molecular flexibility index (Phi) is 20.5. The van der Waals surface area contributed by atoms with Crippen LogP contribution in [0.25, 0.3) is 0 Å². The molecule has 5 rings (SSSR count). The van der Waals surface area contributed by atoms with Crippen LogP contribution >= 0.6 is 0 Å². The van der Waals surface area contributed by atoms with Crippen LogP contribution in [0.15, 0.2) is 0 Å². The Morgan fingerprint density at radius 1 is 0.364 bits per heavy atom. The Hall–Kier alpha value is -1.20. The van der Waals surface area contributed by atoms with Gasteiger partial charge in [-0.1, -0.05) is 0 Å². The minimum Gasteiger partial charge on any atom is -0.394 e. The maximum atomic E-state index is 11.2. The van der Waals surface area contributed by atoms with Crippen molar-refractivity contribution in [3.63, 3.8) is 0 Å². The van der Waals surface area contributed by atoms with Gasteiger partial charge < -0.3 is 149 Å². The average Bonchev–Trinajstić information content (AvgIpc) is 3.31. The molecule has 20 N–H and O–H groups in total. The molecule has 29 atom stereocenters. The lowest BCUT2D eigenvalue weighted by atomic mass is 9.95. The minimum atomic E-state index is -2.19. The summed E-state index contributed by atoms with van der Waals surface area (Å²) in [6.07, 6.45) is -54.8. The number of rotatable bonds is 19. The summed E-state index contributed by atoms with van der Waals surface area (Å²) in [5.74, 6) is 0. The lowest BCUT2D eigenvalue weighted by Gasteiger charge is -2.49. The second-order valence-corrected chi connectivity index (χ2v) is 16.5. The van der Waals surface area contributed by atoms with E-state index in [9.17, 15) is 102 Å². The van der Waals surface area contributed by atoms with E-state index in [0.29, 0.717) is 0 Å². The molecule has 0 bridgehead atoms. The van der Waals surface area contributed by atoms with E-state index >= 15 is 0 Å². The van der Waals surface area contributed by atoms with Gasteiger partial charge in [-0.05, 0) is 6.92 Å². The third-order valence-electron chi connectivity index (χ3n) is 12.0. The van der Waals surface area contributed by atoms with Crippen LogP contribution in [0.4, 0.5) is 0 Å². The normalized spacial score (nSPS) is 49.0. The number of aliphatic hydroxyl groups is 20. The van der Waals surface area contributed by atoms with Gasteiger partial charge in [0.25, 0.3) is 0 Å². The van der Waals surface area contributed by atoms with E-state index in [1.807, 2.05) is 0 Å². The first-order valence-electron chi connectivity index (χ1n) is 20.9. The molecule has 0 unspecified atom stereocenters. The van der Waals surface area contributed by atoms with Gasteiger partial charge in [0, 0.05) is 0 Å². The van der Waals surface area contributed by atoms with Crippen molar-refractivity contribution in [2.45, 2.75) is 185 Å². The van der Waals surface area contributed by atoms with Crippen LogP contribution in [0.2, 0.25) is 0 Å². The molecule has 0 saturated carbocycles. The van der Waals surface area contributed by atoms with Crippen molar-refractivity contribution in [2.24, 2.45) is 0 Å². The number of hydrogen-bond donors (Lipinski definition) is 20. The fourth-order valence-electron chi connectivity index (χ4n) is 8.08. The summed E-state index contributed by atoms with van der Waals surface area (Å²) in [5.41, 5.74) is 0. The third-order valence-corrected chi connectivity index (χ3v) is 12.0. The van der Waals surface area contributed by atoms with Gasteiger partial charge >= 0.3 is 0 Å². The first-order chi connectivity index (χ1) is 31.2. The summed E-state index contributed by atoms with van der Waals surface area (Å²) in [4.78, 5) is 0. The lowest BCUT2D eigenvalue weighted by molar-refractivity contribution is -0.393. The van der Waals surface area contributed by atoms with E-state index in [4.69, 9.17) is 47.4 Å². The molecule has 5 saturated heterocycles. The zero-order valence-electron chi connectivity index (χ0n) is 35.0. The van der Waals surface area contributed by atoms with Gasteiger partial charge in [-0.3, -0.25) is 0 Å². The second kappa shape index (κ2) is 24.3. The summed E-state index contributed by atoms with van der Waals surface area (Å²) in [6.45, 7) is -4.56. The molecule has 5 heterocycles. The van der Waals surface area contributed by atoms with Crippen LogP contribution in [0.5, 0.6) is 0 Å². The molecule has 0 aliphatic carbocycles. The van der Waals surface area contributed by atoms with Crippen LogP contribution < -0.4 is 0 Å². The maximum absolute atomic E-state index is 11.2. The summed E-state index contributed by atoms with van der Waals surface area (Å²) in [6, 6.07) is 0. The molecular formula is C36H64O30. The molecule has 0 aromatic carbocycles. The Labute approximate surface area is 374 Å². The van der Waals surface area contributed by atoms with Crippen LogP contribution in [0.1, 0.15) is 6.92 Å². The quantitative estimate of drug-likeness (QED) is 0.0571. The van der Waals surface area contributed by atoms with Crippen molar-refractivity contribution in [2.75, 3.05) is 39.6 Å². The topological polar surface area (TPSA) is 497 Å². The summed E-state index contributed by atoms with van der Waals surface area (Å²) in [7, 11) is 0. The molecule has 388 valence electrons. The van der Waals surface area contributed by atoms with E-state index in [1.165, 1.54) is 6.92 Å². The highest BCUT2D eigenvalue weighted by atomic mass is 16.8. The average molecular weight is 977 g/mol. The molecular weight excluding hydrogens is 912 g/mol. The molecule has 5 aliphatic heterocycles. The Bertz CT molecular complexity index is 1440. The van der Waals surface area contributed by atoms with Crippen LogP contribution in [0.3, 0.4) is 0 Å². The molecule has 0 radical (unpaired) electrons. The molecule has 30 heteroatoms. The molecule has 66 heavy (non-hydrogen) atoms. The van der Waals surface area contributed by atoms with Gasteiger partial charge in [-0.15, -0.1) is 0 Å². The Morgan fingerprint density at radius 3 is 1.21 bits per heavy atom. The van der Waals surface area contributed by atoms with E-state index in [1.54, 1.807) is 0 Å². The standard InChI is InChI=1S/C36H64O30/c1-8-27(62-35-25(55)30(17(47)12(5-40)59-35)65-33-22(52)19(49)16(46)11(4-39)58-33)20(50)23(53)32(57-8)64-29-14(7-42)61-34(24(54)21(29)51)66-31-18(48)13(6-41)60-36(26(31)56)63-28(10(44)3-38)15(45)9(43)2-37/h8-56H,2-7H2,1H3/t8-,9+,10+,11+,12+,13+,14+,15+,16+,17+,18+,19-,20-,21+,22-,23+,24-,25+,26+,27-,28+,29+,30-,31-,32-,33-,34-,35+,36+/m0/s1. The fraction of sp³-hybridized carbons (Fsp3) is 1.00. The van der Waals surface area contributed by atoms with E-state index < -0.39 is 218 Å². The van der Waals surface area contributed by atoms with E-state index in [0.717, 1.165) is 0 Å². The summed E-state index contributed by atoms with van der Waals surface area (Å²) >= 11 is 0. The van der Waals surface area contributed by atoms with Gasteiger partial charge in [0.1, 0.15) is 140 Å². The summed E-state index contributed by atoms with van der Waals surface area (Å²) in [5, 5.41) is 208. The highest BCUT2D eigenvalue weighted by molar-refractivity contribution is 4.99. The highest BCUT2D eigenvalue weighted by Crippen LogP contribution is 2.36. The second-order valence-electron chi connectivity index (χ2n) is 16.5. The molecule has 30 nitrogen and oxygen atoms in total. The van der Waals surface area contributed by atoms with Gasteiger partial charge in [-0.25, -0.2) is 0 Å². The van der Waals surface area contributed by atoms with Crippen molar-refractivity contribution in [3.8, 4) is 0 Å². The third kappa shape index (κ3) is 11.8. The van der Waals surface area contributed by atoms with Crippen LogP contribution in [-0.2, 0) is 47.4 Å². The largest absolute Gasteiger partial charge is 0.394 e. The zero-order chi connectivity index (χ0) is 49.1. The van der Waals surface area contributed by atoms with Crippen molar-refractivity contribution >= 4 is 0 Å². The van der Waals surface area contributed by atoms with Crippen molar-refractivity contribution in [1.82, 2.24) is 0 Å². The maximum Gasteiger partial charge on any atom is 0.187 e. The smallest absolute Gasteiger partial charge is 0.187 e. The first-order valence-corrected chi connectivity index (χ1v) is 20.9. The minimum absolute atomic E-state index is 0.838. The van der Waals surface area contributed by atoms with Gasteiger partial charge in [-0.2, -0.15) is 0 Å². The summed E-state index contributed by atoms with van der Waals surface area (Å²) < 4.78 is 55.5. The van der Waals surface area contributed by atoms with E-state index in [2.05, 4.69) is 0 Å². The van der Waals surface area contributed by atoms with Gasteiger partial charge in [0.15, 0.2) is 31.5 Å². The molecule has 5 fully saturated rings. The molecule has 0 spiro atoms. The number of aliphatic hydroxyl groups excluding tert-OH is 20. The van der Waals surface area contributed by atoms with Crippen molar-refractivity contribution in [3.05, 3.63) is 0 Å². The molecule has 0 amide bonds. The van der Waals surface area contributed by atoms with Gasteiger partial charge in [0.05, 0.1) is 45.7 Å². The predicted octanol–water partition coefficient (Wildman–Crippen LogP) is -13.4. The molecule has 0 aromatic heterocycles. The lowest BCUT2D eigenvalue weighted by Crippen LogP contribution is -2.67. The highest BCUT2D eigenvalue weighted by Gasteiger charge is 2.56. The van der Waals surface area contributed by atoms with E-state index in [-0.39, 0.29) is 0 Å². The SMILES string of the molecule is C[C@@H]1O[C@@H](O[C@H]2[C@H](O)[C@H](O)[C@H](O[C@@H]3[C@@H](O)[C@@H](O[C@@H]([C@H](O)[C@H](O)CO)[C@H](O)CO)O[C@H](CO)[C@H]3O)O[C@@H]2CO)[C@H](O)[C@H](O)[C@H]1O[C@H]1O[C@H](CO)[C@@H](O)[C@H](O[C@@H]2O[C@H](CO)[C@@H](O)[C@H](O)[C@@H]2O)[C@H]1O. The first kappa shape index (κ1) is 55.7. The van der Waals surface area contributed by atoms with Crippen LogP contribution in [-0.4, -0.2) is 320 Å². The Balaban J connectivity index is 1.24. The Morgan fingerprint density at radius 2 is 0.727 bits per heavy atom. The molecule has 0 aromatic rings. The van der Waals surface area contributed by atoms with Crippen molar-refractivity contribution < 1.29 is 149 Å². The van der Waals surface area contributed by atoms with Crippen LogP contribution in [0, 0.1) is 0 Å². The number of hydrogen-bond acceptors (Lipinski definition) is 30. The van der Waals surface area contributed by atoms with Gasteiger partial charge in [0.2, 0.25) is 0 Å². The fourth-order valence-corrected chi connectivity index (χ4v) is 8.08.